The number of benzene rings is 2. The van der Waals surface area contributed by atoms with Gasteiger partial charge in [0.05, 0.1) is 12.0 Å². The Morgan fingerprint density at radius 2 is 1.96 bits per heavy atom. The second-order valence-electron chi connectivity index (χ2n) is 6.36. The normalized spacial score (nSPS) is 13.3. The maximum Gasteiger partial charge on any atom is 0.240 e. The van der Waals surface area contributed by atoms with Crippen molar-refractivity contribution >= 4 is 21.6 Å². The van der Waals surface area contributed by atoms with Crippen molar-refractivity contribution in [3.05, 3.63) is 48.0 Å². The van der Waals surface area contributed by atoms with Gasteiger partial charge < -0.3 is 14.4 Å². The van der Waals surface area contributed by atoms with Gasteiger partial charge in [-0.3, -0.25) is 4.79 Å². The van der Waals surface area contributed by atoms with Crippen LogP contribution in [0.3, 0.4) is 0 Å². The van der Waals surface area contributed by atoms with Crippen LogP contribution < -0.4 is 19.1 Å². The van der Waals surface area contributed by atoms with Crippen molar-refractivity contribution < 1.29 is 22.7 Å². The highest BCUT2D eigenvalue weighted by Gasteiger charge is 2.25. The quantitative estimate of drug-likeness (QED) is 0.683. The smallest absolute Gasteiger partial charge is 0.240 e. The van der Waals surface area contributed by atoms with E-state index >= 15 is 0 Å². The van der Waals surface area contributed by atoms with E-state index in [9.17, 15) is 13.2 Å². The number of carbonyl (C=O) groups is 1. The number of methoxy groups -OCH3 is 1. The summed E-state index contributed by atoms with van der Waals surface area (Å²) in [5, 5.41) is 0. The lowest BCUT2D eigenvalue weighted by Gasteiger charge is -2.16. The molecule has 0 atom stereocenters. The van der Waals surface area contributed by atoms with E-state index in [1.165, 1.54) is 6.07 Å². The van der Waals surface area contributed by atoms with Crippen LogP contribution in [0.1, 0.15) is 18.9 Å². The zero-order valence-corrected chi connectivity index (χ0v) is 16.8. The number of sulfonamides is 1. The number of ether oxygens (including phenoxy) is 2. The number of carbonyl (C=O) groups excluding carboxylic acids is 1. The maximum absolute atomic E-state index is 12.5. The van der Waals surface area contributed by atoms with Gasteiger partial charge in [-0.2, -0.15) is 0 Å². The first-order valence-corrected chi connectivity index (χ1v) is 10.6. The summed E-state index contributed by atoms with van der Waals surface area (Å²) in [6.45, 7) is 2.73. The van der Waals surface area contributed by atoms with E-state index < -0.39 is 10.0 Å². The lowest BCUT2D eigenvalue weighted by atomic mass is 10.2. The average Bonchev–Trinajstić information content (AvgIpc) is 3.14. The van der Waals surface area contributed by atoms with Crippen molar-refractivity contribution in [1.29, 1.82) is 0 Å². The van der Waals surface area contributed by atoms with Crippen molar-refractivity contribution in [3.8, 4) is 11.5 Å². The molecule has 1 heterocycles. The van der Waals surface area contributed by atoms with E-state index in [0.717, 1.165) is 11.3 Å². The summed E-state index contributed by atoms with van der Waals surface area (Å²) in [6, 6.07) is 12.0. The molecule has 0 saturated heterocycles. The summed E-state index contributed by atoms with van der Waals surface area (Å²) in [4.78, 5) is 13.9. The Labute approximate surface area is 165 Å². The van der Waals surface area contributed by atoms with Crippen LogP contribution in [-0.2, 0) is 21.2 Å². The van der Waals surface area contributed by atoms with Crippen molar-refractivity contribution in [2.75, 3.05) is 31.7 Å². The maximum atomic E-state index is 12.5. The molecule has 0 spiro atoms. The number of anilines is 1. The number of hydrogen-bond acceptors (Lipinski definition) is 5. The third kappa shape index (κ3) is 4.45. The zero-order valence-electron chi connectivity index (χ0n) is 16.0. The Balaban J connectivity index is 1.60. The van der Waals surface area contributed by atoms with E-state index in [1.807, 2.05) is 6.92 Å². The van der Waals surface area contributed by atoms with Crippen LogP contribution in [0.25, 0.3) is 0 Å². The molecule has 0 radical (unpaired) electrons. The molecule has 3 rings (SSSR count). The fraction of sp³-hybridized carbons (Fsp3) is 0.350. The summed E-state index contributed by atoms with van der Waals surface area (Å²) in [5.41, 5.74) is 1.67. The highest BCUT2D eigenvalue weighted by atomic mass is 32.2. The van der Waals surface area contributed by atoms with Gasteiger partial charge in [-0.15, -0.1) is 0 Å². The number of nitrogens with one attached hydrogen (secondary N) is 1. The summed E-state index contributed by atoms with van der Waals surface area (Å²) < 4.78 is 38.3. The molecule has 1 aliphatic heterocycles. The van der Waals surface area contributed by atoms with Crippen LogP contribution in [0, 0.1) is 0 Å². The van der Waals surface area contributed by atoms with Crippen molar-refractivity contribution in [2.24, 2.45) is 0 Å². The third-order valence-electron chi connectivity index (χ3n) is 4.56. The van der Waals surface area contributed by atoms with Crippen LogP contribution in [0.4, 0.5) is 5.69 Å². The summed E-state index contributed by atoms with van der Waals surface area (Å²) in [5.74, 6) is 1.32. The fourth-order valence-electron chi connectivity index (χ4n) is 3.11. The molecular weight excluding hydrogens is 380 g/mol. The van der Waals surface area contributed by atoms with Gasteiger partial charge in [-0.25, -0.2) is 13.1 Å². The molecule has 28 heavy (non-hydrogen) atoms. The predicted molar refractivity (Wildman–Crippen MR) is 106 cm³/mol. The van der Waals surface area contributed by atoms with Crippen LogP contribution in [-0.4, -0.2) is 41.1 Å². The summed E-state index contributed by atoms with van der Waals surface area (Å²) in [7, 11) is -2.08. The number of amides is 1. The van der Waals surface area contributed by atoms with E-state index in [1.54, 1.807) is 48.4 Å². The monoisotopic (exact) mass is 404 g/mol. The molecule has 8 heteroatoms. The molecule has 150 valence electrons. The Morgan fingerprint density at radius 1 is 1.18 bits per heavy atom. The van der Waals surface area contributed by atoms with E-state index in [2.05, 4.69) is 4.72 Å². The first-order valence-electron chi connectivity index (χ1n) is 9.14. The van der Waals surface area contributed by atoms with Crippen molar-refractivity contribution in [1.82, 2.24) is 4.72 Å². The largest absolute Gasteiger partial charge is 0.497 e. The van der Waals surface area contributed by atoms with Gasteiger partial charge in [0.15, 0.2) is 0 Å². The van der Waals surface area contributed by atoms with E-state index in [-0.39, 0.29) is 24.0 Å². The second-order valence-corrected chi connectivity index (χ2v) is 8.13. The molecular formula is C20H24N2O5S. The van der Waals surface area contributed by atoms with E-state index in [0.29, 0.717) is 30.9 Å². The minimum atomic E-state index is -3.65. The first kappa shape index (κ1) is 20.2. The highest BCUT2D eigenvalue weighted by Crippen LogP contribution is 2.30. The van der Waals surface area contributed by atoms with Crippen LogP contribution in [0.15, 0.2) is 47.4 Å². The van der Waals surface area contributed by atoms with Crippen LogP contribution in [0.2, 0.25) is 0 Å². The molecule has 1 N–H and O–H groups in total. The Morgan fingerprint density at radius 3 is 2.71 bits per heavy atom. The lowest BCUT2D eigenvalue weighted by Crippen LogP contribution is -2.29. The van der Waals surface area contributed by atoms with Gasteiger partial charge in [0.25, 0.3) is 0 Å². The summed E-state index contributed by atoms with van der Waals surface area (Å²) >= 11 is 0. The predicted octanol–water partition coefficient (Wildman–Crippen LogP) is 2.35. The molecule has 0 unspecified atom stereocenters. The number of nitrogens with zero attached hydrogens (tertiary/aromatic N) is 1. The highest BCUT2D eigenvalue weighted by molar-refractivity contribution is 7.89. The minimum absolute atomic E-state index is 0.0437. The fourth-order valence-corrected chi connectivity index (χ4v) is 4.18. The van der Waals surface area contributed by atoms with Crippen molar-refractivity contribution in [2.45, 2.75) is 24.7 Å². The van der Waals surface area contributed by atoms with Crippen LogP contribution >= 0.6 is 0 Å². The van der Waals surface area contributed by atoms with Gasteiger partial charge >= 0.3 is 0 Å². The molecule has 0 aromatic heterocycles. The molecule has 7 nitrogen and oxygen atoms in total. The molecule has 0 bridgehead atoms. The van der Waals surface area contributed by atoms with Gasteiger partial charge in [0, 0.05) is 31.3 Å². The van der Waals surface area contributed by atoms with Gasteiger partial charge in [-0.05, 0) is 42.3 Å². The topological polar surface area (TPSA) is 84.9 Å². The van der Waals surface area contributed by atoms with Gasteiger partial charge in [-0.1, -0.05) is 13.0 Å². The van der Waals surface area contributed by atoms with Gasteiger partial charge in [0.2, 0.25) is 15.9 Å². The molecule has 2 aromatic carbocycles. The first-order chi connectivity index (χ1) is 13.4. The number of rotatable bonds is 8. The molecule has 1 amide bonds. The molecule has 2 aromatic rings. The minimum Gasteiger partial charge on any atom is -0.497 e. The Kier molecular flexibility index (Phi) is 6.21. The van der Waals surface area contributed by atoms with Crippen LogP contribution in [0.5, 0.6) is 11.5 Å². The molecule has 1 aliphatic rings. The SMILES string of the molecule is CCC(=O)N1CCc2cc(S(=O)(=O)NCCOc3cccc(OC)c3)ccc21. The Bertz CT molecular complexity index is 959. The average molecular weight is 404 g/mol. The molecule has 0 saturated carbocycles. The third-order valence-corrected chi connectivity index (χ3v) is 6.02. The Hall–Kier alpha value is -2.58. The summed E-state index contributed by atoms with van der Waals surface area (Å²) in [6.07, 6.45) is 1.08. The zero-order chi connectivity index (χ0) is 20.1. The van der Waals surface area contributed by atoms with E-state index in [4.69, 9.17) is 9.47 Å². The lowest BCUT2D eigenvalue weighted by molar-refractivity contribution is -0.118. The number of hydrogen-bond donors (Lipinski definition) is 1. The van der Waals surface area contributed by atoms with Gasteiger partial charge in [0.1, 0.15) is 18.1 Å². The molecule has 0 fully saturated rings. The number of fused-ring (bicyclic) bond motifs is 1. The second kappa shape index (κ2) is 8.62. The molecule has 0 aliphatic carbocycles. The van der Waals surface area contributed by atoms with Crippen molar-refractivity contribution in [3.63, 3.8) is 0 Å². The standard InChI is InChI=1S/C20H24N2O5S/c1-3-20(23)22-11-9-15-13-18(7-8-19(15)22)28(24,25)21-10-12-27-17-6-4-5-16(14-17)26-2/h4-8,13-14,21H,3,9-12H2,1-2H3.